The predicted octanol–water partition coefficient (Wildman–Crippen LogP) is 1.62. The van der Waals surface area contributed by atoms with Crippen molar-refractivity contribution in [2.75, 3.05) is 12.0 Å². The van der Waals surface area contributed by atoms with E-state index >= 15 is 0 Å². The number of nitro groups is 2. The number of anilines is 1. The molecule has 1 spiro atoms. The quantitative estimate of drug-likeness (QED) is 0.587. The minimum Gasteiger partial charge on any atom is -0.485 e. The van der Waals surface area contributed by atoms with Crippen molar-refractivity contribution in [3.05, 3.63) is 32.4 Å². The Kier molecular flexibility index (Phi) is 4.56. The number of rotatable bonds is 4. The highest BCUT2D eigenvalue weighted by atomic mass is 16.6. The molecule has 12 heteroatoms. The summed E-state index contributed by atoms with van der Waals surface area (Å²) in [4.78, 5) is 31.4. The van der Waals surface area contributed by atoms with Gasteiger partial charge in [-0.1, -0.05) is 6.42 Å². The molecule has 2 aliphatic rings. The Balaban J connectivity index is 2.23. The highest BCUT2D eigenvalue weighted by molar-refractivity contribution is 6.06. The zero-order chi connectivity index (χ0) is 19.8. The Hall–Kier alpha value is -3.44. The first-order valence-corrected chi connectivity index (χ1v) is 8.29. The minimum atomic E-state index is -0.871. The summed E-state index contributed by atoms with van der Waals surface area (Å²) in [5.41, 5.74) is 10.1. The molecule has 0 amide bonds. The Morgan fingerprint density at radius 2 is 1.67 bits per heavy atom. The third-order valence-electron chi connectivity index (χ3n) is 4.74. The van der Waals surface area contributed by atoms with Gasteiger partial charge >= 0.3 is 11.4 Å². The maximum Gasteiger partial charge on any atom is 0.320 e. The van der Waals surface area contributed by atoms with Gasteiger partial charge in [0.05, 0.1) is 22.6 Å². The van der Waals surface area contributed by atoms with Gasteiger partial charge in [0.25, 0.3) is 5.75 Å². The van der Waals surface area contributed by atoms with Crippen LogP contribution < -0.4 is 21.1 Å². The van der Waals surface area contributed by atoms with Gasteiger partial charge in [-0.3, -0.25) is 25.1 Å². The Morgan fingerprint density at radius 3 is 2.15 bits per heavy atom. The minimum absolute atomic E-state index is 0.0156. The molecule has 1 aromatic rings. The lowest BCUT2D eigenvalue weighted by molar-refractivity contribution is -0.395. The van der Waals surface area contributed by atoms with E-state index in [-0.39, 0.29) is 17.6 Å². The van der Waals surface area contributed by atoms with Gasteiger partial charge in [-0.15, -0.1) is 0 Å². The van der Waals surface area contributed by atoms with E-state index in [2.05, 4.69) is 9.98 Å². The summed E-state index contributed by atoms with van der Waals surface area (Å²) in [6.07, 6.45) is 3.89. The monoisotopic (exact) mass is 377 g/mol. The molecular weight excluding hydrogens is 358 g/mol. The second-order valence-electron chi connectivity index (χ2n) is 6.35. The number of ether oxygens (including phenoxy) is 1. The van der Waals surface area contributed by atoms with Crippen molar-refractivity contribution in [2.24, 2.45) is 21.5 Å². The van der Waals surface area contributed by atoms with Crippen molar-refractivity contribution in [2.45, 2.75) is 37.8 Å². The molecule has 0 unspecified atom stereocenters. The summed E-state index contributed by atoms with van der Waals surface area (Å²) in [7, 11) is 1.14. The number of methoxy groups -OCH3 is 1. The summed E-state index contributed by atoms with van der Waals surface area (Å²) in [5, 5.41) is 22.9. The van der Waals surface area contributed by atoms with Crippen LogP contribution in [-0.4, -0.2) is 34.5 Å². The van der Waals surface area contributed by atoms with Crippen molar-refractivity contribution >= 4 is 29.0 Å². The zero-order valence-corrected chi connectivity index (χ0v) is 14.6. The highest BCUT2D eigenvalue weighted by Crippen LogP contribution is 2.45. The molecule has 1 aliphatic heterocycles. The second kappa shape index (κ2) is 6.70. The van der Waals surface area contributed by atoms with E-state index in [0.717, 1.165) is 26.4 Å². The van der Waals surface area contributed by atoms with Gasteiger partial charge < -0.3 is 16.2 Å². The van der Waals surface area contributed by atoms with E-state index in [1.54, 1.807) is 0 Å². The van der Waals surface area contributed by atoms with Gasteiger partial charge in [-0.05, 0) is 25.7 Å². The number of hydrogen-bond acceptors (Lipinski definition) is 10. The maximum atomic E-state index is 11.5. The number of guanidine groups is 2. The number of nitrogens with zero attached hydrogens (tertiary/aromatic N) is 5. The van der Waals surface area contributed by atoms with Crippen LogP contribution in [0.25, 0.3) is 0 Å². The van der Waals surface area contributed by atoms with Gasteiger partial charge in [0.2, 0.25) is 11.9 Å². The normalized spacial score (nSPS) is 18.6. The summed E-state index contributed by atoms with van der Waals surface area (Å²) < 4.78 is 4.91. The third-order valence-corrected chi connectivity index (χ3v) is 4.74. The van der Waals surface area contributed by atoms with Crippen molar-refractivity contribution in [3.63, 3.8) is 0 Å². The number of nitrogens with two attached hydrogens (primary N) is 2. The molecule has 1 saturated carbocycles. The number of hydrogen-bond donors (Lipinski definition) is 2. The van der Waals surface area contributed by atoms with E-state index in [1.165, 1.54) is 17.0 Å². The Labute approximate surface area is 153 Å². The molecular formula is C15H19N7O5. The van der Waals surface area contributed by atoms with Crippen LogP contribution in [-0.2, 0) is 0 Å². The average molecular weight is 377 g/mol. The molecule has 0 atom stereocenters. The van der Waals surface area contributed by atoms with Crippen molar-refractivity contribution < 1.29 is 14.6 Å². The van der Waals surface area contributed by atoms with Gasteiger partial charge in [0, 0.05) is 12.1 Å². The first-order chi connectivity index (χ1) is 12.8. The molecule has 1 aliphatic carbocycles. The van der Waals surface area contributed by atoms with Crippen LogP contribution in [0.15, 0.2) is 22.1 Å². The van der Waals surface area contributed by atoms with Gasteiger partial charge in [0.15, 0.2) is 0 Å². The van der Waals surface area contributed by atoms with Crippen LogP contribution in [0.4, 0.5) is 17.1 Å². The zero-order valence-electron chi connectivity index (χ0n) is 14.6. The van der Waals surface area contributed by atoms with Crippen LogP contribution >= 0.6 is 0 Å². The maximum absolute atomic E-state index is 11.5. The van der Waals surface area contributed by atoms with Crippen LogP contribution in [0.3, 0.4) is 0 Å². The first kappa shape index (κ1) is 18.4. The lowest BCUT2D eigenvalue weighted by atomic mass is 9.87. The van der Waals surface area contributed by atoms with Crippen molar-refractivity contribution in [1.29, 1.82) is 0 Å². The number of aliphatic imine (C=N–C) groups is 2. The van der Waals surface area contributed by atoms with Gasteiger partial charge in [0.1, 0.15) is 5.66 Å². The third kappa shape index (κ3) is 3.09. The molecule has 1 heterocycles. The standard InChI is InChI=1S/C15H19N7O5/c1-27-12-10(21(23)24)7-9(8-11(12)22(25)26)20-14(17)18-13(16)19-15(20)5-3-2-4-6-15/h7-8H,2-6H2,1H3,(H4,16,17,18,19). The molecule has 0 saturated heterocycles. The first-order valence-electron chi connectivity index (χ1n) is 8.29. The van der Waals surface area contributed by atoms with E-state index < -0.39 is 32.6 Å². The summed E-state index contributed by atoms with van der Waals surface area (Å²) in [6.45, 7) is 0. The van der Waals surface area contributed by atoms with Crippen molar-refractivity contribution in [3.8, 4) is 5.75 Å². The Bertz CT molecular complexity index is 825. The second-order valence-corrected chi connectivity index (χ2v) is 6.35. The SMILES string of the molecule is COc1c([N+](=O)[O-])cc(N2C(N)=NC(N)=NC23CCCCC3)cc1[N+](=O)[O-]. The number of benzene rings is 1. The Morgan fingerprint density at radius 1 is 1.11 bits per heavy atom. The van der Waals surface area contributed by atoms with Gasteiger partial charge in [-0.25, -0.2) is 4.99 Å². The van der Waals surface area contributed by atoms with Crippen LogP contribution in [0.1, 0.15) is 32.1 Å². The molecule has 1 fully saturated rings. The topological polar surface area (TPSA) is 176 Å². The molecule has 27 heavy (non-hydrogen) atoms. The molecule has 0 radical (unpaired) electrons. The summed E-state index contributed by atoms with van der Waals surface area (Å²) in [5.74, 6) is -0.427. The fourth-order valence-corrected chi connectivity index (χ4v) is 3.69. The van der Waals surface area contributed by atoms with E-state index in [4.69, 9.17) is 16.2 Å². The smallest absolute Gasteiger partial charge is 0.320 e. The molecule has 3 rings (SSSR count). The molecule has 144 valence electrons. The van der Waals surface area contributed by atoms with E-state index in [0.29, 0.717) is 12.8 Å². The van der Waals surface area contributed by atoms with Crippen LogP contribution in [0.2, 0.25) is 0 Å². The average Bonchev–Trinajstić information content (AvgIpc) is 2.60. The fourth-order valence-electron chi connectivity index (χ4n) is 3.69. The molecule has 1 aromatic carbocycles. The summed E-state index contributed by atoms with van der Waals surface area (Å²) in [6, 6.07) is 2.36. The van der Waals surface area contributed by atoms with Gasteiger partial charge in [-0.2, -0.15) is 4.99 Å². The van der Waals surface area contributed by atoms with Crippen LogP contribution in [0.5, 0.6) is 5.75 Å². The van der Waals surface area contributed by atoms with Crippen molar-refractivity contribution in [1.82, 2.24) is 0 Å². The van der Waals surface area contributed by atoms with E-state index in [1.807, 2.05) is 0 Å². The molecule has 12 nitrogen and oxygen atoms in total. The largest absolute Gasteiger partial charge is 0.485 e. The van der Waals surface area contributed by atoms with E-state index in [9.17, 15) is 20.2 Å². The molecule has 4 N–H and O–H groups in total. The molecule has 0 aromatic heterocycles. The lowest BCUT2D eigenvalue weighted by Crippen LogP contribution is -2.58. The lowest BCUT2D eigenvalue weighted by Gasteiger charge is -2.45. The highest BCUT2D eigenvalue weighted by Gasteiger charge is 2.44. The fraction of sp³-hybridized carbons (Fsp3) is 0.467. The predicted molar refractivity (Wildman–Crippen MR) is 97.8 cm³/mol. The molecule has 0 bridgehead atoms. The summed E-state index contributed by atoms with van der Waals surface area (Å²) >= 11 is 0. The van der Waals surface area contributed by atoms with Crippen LogP contribution in [0, 0.1) is 20.2 Å². The number of nitro benzene ring substituents is 2.